The minimum atomic E-state index is -0.130. The molecule has 2 aromatic heterocycles. The van der Waals surface area contributed by atoms with Crippen molar-refractivity contribution >= 4 is 44.7 Å². The molecule has 0 aliphatic heterocycles. The van der Waals surface area contributed by atoms with Crippen LogP contribution in [0.5, 0.6) is 0 Å². The van der Waals surface area contributed by atoms with Gasteiger partial charge in [0.25, 0.3) is 5.91 Å². The van der Waals surface area contributed by atoms with E-state index in [0.717, 1.165) is 20.2 Å². The summed E-state index contributed by atoms with van der Waals surface area (Å²) in [5.41, 5.74) is 0. The highest BCUT2D eigenvalue weighted by molar-refractivity contribution is 9.11. The number of rotatable bonds is 3. The molecule has 0 aromatic carbocycles. The lowest BCUT2D eigenvalue weighted by atomic mass is 10.4. The highest BCUT2D eigenvalue weighted by Crippen LogP contribution is 2.21. The van der Waals surface area contributed by atoms with Crippen molar-refractivity contribution in [3.63, 3.8) is 0 Å². The van der Waals surface area contributed by atoms with Crippen molar-refractivity contribution < 1.29 is 4.79 Å². The van der Waals surface area contributed by atoms with Gasteiger partial charge in [0.2, 0.25) is 0 Å². The van der Waals surface area contributed by atoms with E-state index in [1.54, 1.807) is 11.3 Å². The molecule has 78 valence electrons. The topological polar surface area (TPSA) is 54.9 Å². The molecule has 15 heavy (non-hydrogen) atoms. The van der Waals surface area contributed by atoms with Crippen LogP contribution >= 0.6 is 38.8 Å². The van der Waals surface area contributed by atoms with Crippen molar-refractivity contribution in [1.82, 2.24) is 14.9 Å². The van der Waals surface area contributed by atoms with Gasteiger partial charge in [-0.1, -0.05) is 4.49 Å². The number of thiophene rings is 1. The smallest absolute Gasteiger partial charge is 0.264 e. The van der Waals surface area contributed by atoms with Crippen LogP contribution in [0.2, 0.25) is 0 Å². The fraction of sp³-hybridized carbons (Fsp3) is 0.125. The van der Waals surface area contributed by atoms with Gasteiger partial charge < -0.3 is 5.32 Å². The Labute approximate surface area is 103 Å². The molecular formula is C8H6BrN3OS2. The minimum absolute atomic E-state index is 0.130. The lowest BCUT2D eigenvalue weighted by Gasteiger charge is -1.99. The summed E-state index contributed by atoms with van der Waals surface area (Å²) in [5, 5.41) is 6.40. The molecule has 0 saturated carbocycles. The number of amides is 1. The van der Waals surface area contributed by atoms with Gasteiger partial charge in [0.15, 0.2) is 0 Å². The molecule has 0 aliphatic carbocycles. The second-order valence-electron chi connectivity index (χ2n) is 2.67. The Bertz CT molecular complexity index is 454. The van der Waals surface area contributed by atoms with Gasteiger partial charge in [0.1, 0.15) is 4.88 Å². The van der Waals surface area contributed by atoms with Crippen molar-refractivity contribution in [3.8, 4) is 0 Å². The lowest BCUT2D eigenvalue weighted by molar-refractivity contribution is 0.0955. The number of nitrogens with zero attached hydrogens (tertiary/aromatic N) is 2. The van der Waals surface area contributed by atoms with Crippen molar-refractivity contribution in [3.05, 3.63) is 31.9 Å². The van der Waals surface area contributed by atoms with Crippen molar-refractivity contribution in [2.45, 2.75) is 6.54 Å². The number of nitrogens with one attached hydrogen (secondary N) is 1. The standard InChI is InChI=1S/C8H6BrN3OS2/c9-7-2-1-5(14-7)3-10-8(13)6-4-11-12-15-6/h1-2,4H,3H2,(H,10,13). The molecule has 0 radical (unpaired) electrons. The van der Waals surface area contributed by atoms with Gasteiger partial charge in [0, 0.05) is 4.88 Å². The third-order valence-corrected chi connectivity index (χ3v) is 3.92. The van der Waals surface area contributed by atoms with E-state index in [4.69, 9.17) is 0 Å². The first-order valence-corrected chi connectivity index (χ1v) is 6.44. The molecule has 0 bridgehead atoms. The summed E-state index contributed by atoms with van der Waals surface area (Å²) in [5.74, 6) is -0.130. The maximum Gasteiger partial charge on any atom is 0.264 e. The van der Waals surface area contributed by atoms with Crippen molar-refractivity contribution in [2.24, 2.45) is 0 Å². The molecular weight excluding hydrogens is 298 g/mol. The van der Waals surface area contributed by atoms with E-state index in [1.165, 1.54) is 6.20 Å². The number of aromatic nitrogens is 2. The third-order valence-electron chi connectivity index (χ3n) is 1.64. The van der Waals surface area contributed by atoms with Crippen LogP contribution in [-0.4, -0.2) is 15.5 Å². The number of carbonyl (C=O) groups excluding carboxylic acids is 1. The first-order chi connectivity index (χ1) is 7.25. The molecule has 7 heteroatoms. The molecule has 0 unspecified atom stereocenters. The summed E-state index contributed by atoms with van der Waals surface area (Å²) in [6.07, 6.45) is 1.46. The third kappa shape index (κ3) is 2.83. The Morgan fingerprint density at radius 2 is 2.40 bits per heavy atom. The Morgan fingerprint density at radius 1 is 1.53 bits per heavy atom. The molecule has 2 rings (SSSR count). The molecule has 0 aliphatic rings. The van der Waals surface area contributed by atoms with E-state index >= 15 is 0 Å². The van der Waals surface area contributed by atoms with Crippen LogP contribution in [0.3, 0.4) is 0 Å². The van der Waals surface area contributed by atoms with Crippen LogP contribution in [-0.2, 0) is 6.54 Å². The highest BCUT2D eigenvalue weighted by Gasteiger charge is 2.08. The predicted molar refractivity (Wildman–Crippen MR) is 63.1 cm³/mol. The molecule has 1 N–H and O–H groups in total. The SMILES string of the molecule is O=C(NCc1ccc(Br)s1)c1cnns1. The van der Waals surface area contributed by atoms with Crippen LogP contribution in [0, 0.1) is 0 Å². The van der Waals surface area contributed by atoms with Crippen LogP contribution in [0.15, 0.2) is 22.1 Å². The molecule has 1 amide bonds. The van der Waals surface area contributed by atoms with E-state index in [1.807, 2.05) is 12.1 Å². The van der Waals surface area contributed by atoms with Gasteiger partial charge in [-0.3, -0.25) is 4.79 Å². The largest absolute Gasteiger partial charge is 0.346 e. The van der Waals surface area contributed by atoms with E-state index in [0.29, 0.717) is 11.4 Å². The van der Waals surface area contributed by atoms with Crippen LogP contribution in [0.25, 0.3) is 0 Å². The summed E-state index contributed by atoms with van der Waals surface area (Å²) in [4.78, 5) is 13.1. The number of hydrogen-bond acceptors (Lipinski definition) is 5. The van der Waals surface area contributed by atoms with E-state index < -0.39 is 0 Å². The second kappa shape index (κ2) is 4.82. The fourth-order valence-electron chi connectivity index (χ4n) is 0.968. The van der Waals surface area contributed by atoms with Gasteiger partial charge in [0.05, 0.1) is 16.5 Å². The predicted octanol–water partition coefficient (Wildman–Crippen LogP) is 2.29. The van der Waals surface area contributed by atoms with Gasteiger partial charge in [-0.05, 0) is 39.6 Å². The van der Waals surface area contributed by atoms with Gasteiger partial charge in [-0.2, -0.15) is 0 Å². The molecule has 0 spiro atoms. The van der Waals surface area contributed by atoms with Crippen molar-refractivity contribution in [2.75, 3.05) is 0 Å². The Hall–Kier alpha value is -0.790. The fourth-order valence-corrected chi connectivity index (χ4v) is 2.82. The molecule has 2 aromatic rings. The van der Waals surface area contributed by atoms with Gasteiger partial charge in [-0.25, -0.2) is 0 Å². The monoisotopic (exact) mass is 303 g/mol. The molecule has 4 nitrogen and oxygen atoms in total. The average Bonchev–Trinajstić information content (AvgIpc) is 2.84. The molecule has 0 saturated heterocycles. The summed E-state index contributed by atoms with van der Waals surface area (Å²) in [7, 11) is 0. The first-order valence-electron chi connectivity index (χ1n) is 4.05. The molecule has 0 atom stereocenters. The number of carbonyl (C=O) groups is 1. The number of halogens is 1. The lowest BCUT2D eigenvalue weighted by Crippen LogP contribution is -2.21. The second-order valence-corrected chi connectivity index (χ2v) is 6.00. The Morgan fingerprint density at radius 3 is 3.00 bits per heavy atom. The summed E-state index contributed by atoms with van der Waals surface area (Å²) >= 11 is 6.06. The van der Waals surface area contributed by atoms with Gasteiger partial charge in [-0.15, -0.1) is 16.4 Å². The van der Waals surface area contributed by atoms with Crippen LogP contribution < -0.4 is 5.32 Å². The Balaban J connectivity index is 1.91. The molecule has 0 fully saturated rings. The quantitative estimate of drug-likeness (QED) is 0.946. The van der Waals surface area contributed by atoms with E-state index in [-0.39, 0.29) is 5.91 Å². The first kappa shape index (κ1) is 10.7. The molecule has 2 heterocycles. The van der Waals surface area contributed by atoms with E-state index in [2.05, 4.69) is 30.8 Å². The van der Waals surface area contributed by atoms with E-state index in [9.17, 15) is 4.79 Å². The van der Waals surface area contributed by atoms with Crippen LogP contribution in [0.1, 0.15) is 14.5 Å². The zero-order chi connectivity index (χ0) is 10.7. The summed E-state index contributed by atoms with van der Waals surface area (Å²) in [6, 6.07) is 3.93. The maximum atomic E-state index is 11.5. The summed E-state index contributed by atoms with van der Waals surface area (Å²) < 4.78 is 4.69. The normalized spacial score (nSPS) is 10.2. The van der Waals surface area contributed by atoms with Crippen molar-refractivity contribution in [1.29, 1.82) is 0 Å². The zero-order valence-corrected chi connectivity index (χ0v) is 10.7. The zero-order valence-electron chi connectivity index (χ0n) is 7.44. The highest BCUT2D eigenvalue weighted by atomic mass is 79.9. The van der Waals surface area contributed by atoms with Gasteiger partial charge >= 0.3 is 0 Å². The Kier molecular flexibility index (Phi) is 3.45. The average molecular weight is 304 g/mol. The number of hydrogen-bond donors (Lipinski definition) is 1. The maximum absolute atomic E-state index is 11.5. The summed E-state index contributed by atoms with van der Waals surface area (Å²) in [6.45, 7) is 0.535. The minimum Gasteiger partial charge on any atom is -0.346 e. The van der Waals surface area contributed by atoms with Crippen LogP contribution in [0.4, 0.5) is 0 Å².